The van der Waals surface area contributed by atoms with Gasteiger partial charge in [0.1, 0.15) is 0 Å². The van der Waals surface area contributed by atoms with Gasteiger partial charge in [0.2, 0.25) is 5.91 Å². The molecule has 0 aromatic rings. The third-order valence-corrected chi connectivity index (χ3v) is 4.15. The summed E-state index contributed by atoms with van der Waals surface area (Å²) in [5.41, 5.74) is 0. The minimum atomic E-state index is 0.159. The van der Waals surface area contributed by atoms with Crippen molar-refractivity contribution >= 4 is 5.91 Å². The van der Waals surface area contributed by atoms with Crippen LogP contribution in [0.1, 0.15) is 32.1 Å². The highest BCUT2D eigenvalue weighted by atomic mass is 16.1. The van der Waals surface area contributed by atoms with Crippen molar-refractivity contribution in [3.8, 4) is 0 Å². The number of carbonyl (C=O) groups excluding carboxylic acids is 1. The summed E-state index contributed by atoms with van der Waals surface area (Å²) in [6.07, 6.45) is 5.99. The lowest BCUT2D eigenvalue weighted by molar-refractivity contribution is -0.121. The van der Waals surface area contributed by atoms with Gasteiger partial charge in [-0.15, -0.1) is 0 Å². The summed E-state index contributed by atoms with van der Waals surface area (Å²) in [7, 11) is 1.71. The van der Waals surface area contributed by atoms with E-state index in [0.717, 1.165) is 25.7 Å². The quantitative estimate of drug-likeness (QED) is 0.784. The summed E-state index contributed by atoms with van der Waals surface area (Å²) in [6.45, 7) is 5.87. The van der Waals surface area contributed by atoms with Crippen LogP contribution in [0, 0.1) is 0 Å². The molecule has 2 aliphatic heterocycles. The molecule has 0 radical (unpaired) electrons. The Morgan fingerprint density at radius 2 is 1.82 bits per heavy atom. The van der Waals surface area contributed by atoms with E-state index in [9.17, 15) is 4.79 Å². The number of carbonyl (C=O) groups is 1. The van der Waals surface area contributed by atoms with Crippen molar-refractivity contribution in [2.24, 2.45) is 0 Å². The van der Waals surface area contributed by atoms with Gasteiger partial charge in [-0.2, -0.15) is 0 Å². The Morgan fingerprint density at radius 1 is 1.18 bits per heavy atom. The Hall–Kier alpha value is -0.610. The third kappa shape index (κ3) is 3.68. The minimum absolute atomic E-state index is 0.159. The van der Waals surface area contributed by atoms with Gasteiger partial charge in [-0.3, -0.25) is 4.79 Å². The average Bonchev–Trinajstić information content (AvgIpc) is 2.90. The first-order valence-corrected chi connectivity index (χ1v) is 6.96. The molecule has 2 fully saturated rings. The summed E-state index contributed by atoms with van der Waals surface area (Å²) in [5, 5.41) is 2.68. The molecule has 0 unspecified atom stereocenters. The van der Waals surface area contributed by atoms with E-state index < -0.39 is 0 Å². The van der Waals surface area contributed by atoms with Crippen molar-refractivity contribution in [1.29, 1.82) is 0 Å². The van der Waals surface area contributed by atoms with Crippen molar-refractivity contribution in [3.05, 3.63) is 0 Å². The first-order chi connectivity index (χ1) is 8.29. The monoisotopic (exact) mass is 239 g/mol. The summed E-state index contributed by atoms with van der Waals surface area (Å²) in [4.78, 5) is 16.3. The van der Waals surface area contributed by atoms with Crippen LogP contribution in [0.5, 0.6) is 0 Å². The molecule has 0 atom stereocenters. The number of rotatable bonds is 4. The number of hydrogen-bond acceptors (Lipinski definition) is 3. The molecule has 2 aliphatic rings. The van der Waals surface area contributed by atoms with Gasteiger partial charge in [0.25, 0.3) is 0 Å². The lowest BCUT2D eigenvalue weighted by Crippen LogP contribution is -2.44. The van der Waals surface area contributed by atoms with Crippen LogP contribution in [0.25, 0.3) is 0 Å². The predicted molar refractivity (Wildman–Crippen MR) is 69.0 cm³/mol. The van der Waals surface area contributed by atoms with E-state index in [2.05, 4.69) is 15.1 Å². The highest BCUT2D eigenvalue weighted by Gasteiger charge is 2.26. The second-order valence-electron chi connectivity index (χ2n) is 5.24. The topological polar surface area (TPSA) is 35.6 Å². The molecule has 0 aromatic carbocycles. The fourth-order valence-electron chi connectivity index (χ4n) is 3.00. The van der Waals surface area contributed by atoms with Gasteiger partial charge in [-0.25, -0.2) is 0 Å². The van der Waals surface area contributed by atoms with E-state index in [0.29, 0.717) is 6.42 Å². The highest BCUT2D eigenvalue weighted by molar-refractivity contribution is 5.75. The maximum atomic E-state index is 11.2. The molecule has 0 aliphatic carbocycles. The molecule has 4 heteroatoms. The number of piperidine rings is 1. The summed E-state index contributed by atoms with van der Waals surface area (Å²) >= 11 is 0. The van der Waals surface area contributed by atoms with Crippen LogP contribution in [-0.4, -0.2) is 61.5 Å². The molecule has 0 saturated carbocycles. The number of nitrogens with one attached hydrogen (secondary N) is 1. The molecule has 2 rings (SSSR count). The van der Waals surface area contributed by atoms with Gasteiger partial charge in [0.15, 0.2) is 0 Å². The van der Waals surface area contributed by atoms with Crippen molar-refractivity contribution in [2.45, 2.75) is 38.1 Å². The smallest absolute Gasteiger partial charge is 0.221 e. The van der Waals surface area contributed by atoms with Crippen LogP contribution in [0.3, 0.4) is 0 Å². The second kappa shape index (κ2) is 6.36. The van der Waals surface area contributed by atoms with Crippen LogP contribution in [-0.2, 0) is 4.79 Å². The predicted octanol–water partition coefficient (Wildman–Crippen LogP) is 0.683. The Kier molecular flexibility index (Phi) is 4.80. The minimum Gasteiger partial charge on any atom is -0.359 e. The van der Waals surface area contributed by atoms with Crippen molar-refractivity contribution in [3.63, 3.8) is 0 Å². The Bertz CT molecular complexity index is 243. The molecular weight excluding hydrogens is 214 g/mol. The maximum Gasteiger partial charge on any atom is 0.221 e. The maximum absolute atomic E-state index is 11.2. The number of likely N-dealkylation sites (tertiary alicyclic amines) is 2. The van der Waals surface area contributed by atoms with E-state index in [-0.39, 0.29) is 5.91 Å². The van der Waals surface area contributed by atoms with E-state index in [1.54, 1.807) is 7.05 Å². The van der Waals surface area contributed by atoms with Crippen LogP contribution >= 0.6 is 0 Å². The average molecular weight is 239 g/mol. The van der Waals surface area contributed by atoms with E-state index in [1.165, 1.54) is 38.8 Å². The van der Waals surface area contributed by atoms with Crippen molar-refractivity contribution in [1.82, 2.24) is 15.1 Å². The standard InChI is InChI=1S/C13H25N3O/c1-14-13(17)6-11-15-9-4-12(5-10-15)16-7-2-3-8-16/h12H,2-11H2,1H3,(H,14,17). The van der Waals surface area contributed by atoms with E-state index in [4.69, 9.17) is 0 Å². The second-order valence-corrected chi connectivity index (χ2v) is 5.24. The fraction of sp³-hybridized carbons (Fsp3) is 0.923. The van der Waals surface area contributed by atoms with E-state index >= 15 is 0 Å². The molecule has 0 aromatic heterocycles. The normalized spacial score (nSPS) is 24.1. The van der Waals surface area contributed by atoms with Gasteiger partial charge in [0, 0.05) is 26.1 Å². The molecule has 4 nitrogen and oxygen atoms in total. The number of amides is 1. The third-order valence-electron chi connectivity index (χ3n) is 4.15. The first-order valence-electron chi connectivity index (χ1n) is 6.96. The van der Waals surface area contributed by atoms with Crippen LogP contribution in [0.2, 0.25) is 0 Å². The van der Waals surface area contributed by atoms with Crippen molar-refractivity contribution < 1.29 is 4.79 Å². The molecule has 17 heavy (non-hydrogen) atoms. The molecule has 0 spiro atoms. The Labute approximate surface area is 104 Å². The molecule has 98 valence electrons. The van der Waals surface area contributed by atoms with Gasteiger partial charge in [-0.05, 0) is 51.9 Å². The summed E-state index contributed by atoms with van der Waals surface area (Å²) in [5.74, 6) is 0.159. The zero-order chi connectivity index (χ0) is 12.1. The zero-order valence-electron chi connectivity index (χ0n) is 11.0. The Balaban J connectivity index is 1.65. The Morgan fingerprint density at radius 3 is 2.41 bits per heavy atom. The van der Waals surface area contributed by atoms with Gasteiger partial charge >= 0.3 is 0 Å². The zero-order valence-corrected chi connectivity index (χ0v) is 11.0. The largest absolute Gasteiger partial charge is 0.359 e. The van der Waals surface area contributed by atoms with Gasteiger partial charge < -0.3 is 15.1 Å². The molecular formula is C13H25N3O. The van der Waals surface area contributed by atoms with Crippen molar-refractivity contribution in [2.75, 3.05) is 39.8 Å². The molecule has 2 heterocycles. The van der Waals surface area contributed by atoms with Crippen LogP contribution in [0.15, 0.2) is 0 Å². The lowest BCUT2D eigenvalue weighted by atomic mass is 10.0. The SMILES string of the molecule is CNC(=O)CCN1CCC(N2CCCC2)CC1. The molecule has 0 bridgehead atoms. The molecule has 2 saturated heterocycles. The first kappa shape index (κ1) is 12.8. The molecule has 1 N–H and O–H groups in total. The van der Waals surface area contributed by atoms with E-state index in [1.807, 2.05) is 0 Å². The number of nitrogens with zero attached hydrogens (tertiary/aromatic N) is 2. The molecule has 1 amide bonds. The van der Waals surface area contributed by atoms with Gasteiger partial charge in [-0.1, -0.05) is 0 Å². The van der Waals surface area contributed by atoms with Crippen LogP contribution in [0.4, 0.5) is 0 Å². The summed E-state index contributed by atoms with van der Waals surface area (Å²) < 4.78 is 0. The van der Waals surface area contributed by atoms with Crippen LogP contribution < -0.4 is 5.32 Å². The highest BCUT2D eigenvalue weighted by Crippen LogP contribution is 2.20. The summed E-state index contributed by atoms with van der Waals surface area (Å²) in [6, 6.07) is 0.814. The lowest BCUT2D eigenvalue weighted by Gasteiger charge is -2.36. The fourth-order valence-corrected chi connectivity index (χ4v) is 3.00. The van der Waals surface area contributed by atoms with Gasteiger partial charge in [0.05, 0.1) is 0 Å². The number of hydrogen-bond donors (Lipinski definition) is 1.